The van der Waals surface area contributed by atoms with Crippen LogP contribution in [0, 0.1) is 0 Å². The van der Waals surface area contributed by atoms with Crippen molar-refractivity contribution in [1.82, 2.24) is 0 Å². The van der Waals surface area contributed by atoms with Crippen molar-refractivity contribution in [3.63, 3.8) is 0 Å². The van der Waals surface area contributed by atoms with E-state index in [9.17, 15) is 0 Å². The zero-order valence-corrected chi connectivity index (χ0v) is 18.7. The molecule has 4 heteroatoms. The number of hydrogen-bond donors (Lipinski definition) is 0. The summed E-state index contributed by atoms with van der Waals surface area (Å²) < 4.78 is 15.1. The SMILES string of the molecule is CCCCc1ccc2op(N(CC)CC)oc3ccc(CCCC)cc3c2c1. The minimum absolute atomic E-state index is 0.913. The molecule has 0 atom stereocenters. The standard InChI is InChI=1S/C24H34NO2P/c1-5-9-11-19-13-15-23-21(17-19)22-18-20(12-10-6-2)14-16-24(22)27-28(26-23)25(7-3)8-4/h13-18H,5-12H2,1-4H3. The van der Waals surface area contributed by atoms with E-state index in [4.69, 9.17) is 8.39 Å². The first-order valence-corrected chi connectivity index (χ1v) is 12.0. The van der Waals surface area contributed by atoms with Gasteiger partial charge in [-0.25, -0.2) is 4.67 Å². The summed E-state index contributed by atoms with van der Waals surface area (Å²) >= 11 is 0. The van der Waals surface area contributed by atoms with E-state index in [0.717, 1.165) is 37.1 Å². The van der Waals surface area contributed by atoms with E-state index < -0.39 is 8.16 Å². The van der Waals surface area contributed by atoms with Crippen molar-refractivity contribution in [3.8, 4) is 0 Å². The minimum Gasteiger partial charge on any atom is -0.408 e. The number of unbranched alkanes of at least 4 members (excludes halogenated alkanes) is 2. The van der Waals surface area contributed by atoms with Gasteiger partial charge in [-0.3, -0.25) is 0 Å². The molecule has 3 rings (SSSR count). The third kappa shape index (κ3) is 4.82. The highest BCUT2D eigenvalue weighted by Gasteiger charge is 2.12. The maximum Gasteiger partial charge on any atom is 0.309 e. The van der Waals surface area contributed by atoms with E-state index in [-0.39, 0.29) is 0 Å². The van der Waals surface area contributed by atoms with E-state index in [1.165, 1.54) is 47.6 Å². The molecule has 3 nitrogen and oxygen atoms in total. The molecule has 0 amide bonds. The monoisotopic (exact) mass is 399 g/mol. The molecular formula is C24H34NO2P. The molecule has 0 aliphatic heterocycles. The van der Waals surface area contributed by atoms with Crippen molar-refractivity contribution in [2.45, 2.75) is 66.2 Å². The zero-order chi connectivity index (χ0) is 19.9. The summed E-state index contributed by atoms with van der Waals surface area (Å²) in [7, 11) is -1.14. The molecule has 0 N–H and O–H groups in total. The molecule has 1 aromatic heterocycles. The van der Waals surface area contributed by atoms with Crippen molar-refractivity contribution >= 4 is 30.1 Å². The lowest BCUT2D eigenvalue weighted by molar-refractivity contribution is 0.624. The molecule has 2 aromatic carbocycles. The topological polar surface area (TPSA) is 29.5 Å². The fraction of sp³-hybridized carbons (Fsp3) is 0.500. The van der Waals surface area contributed by atoms with E-state index in [1.807, 2.05) is 0 Å². The highest BCUT2D eigenvalue weighted by Crippen LogP contribution is 2.37. The van der Waals surface area contributed by atoms with Crippen molar-refractivity contribution < 1.29 is 8.39 Å². The van der Waals surface area contributed by atoms with Gasteiger partial charge in [0.25, 0.3) is 0 Å². The Balaban J connectivity index is 2.26. The first-order chi connectivity index (χ1) is 13.7. The van der Waals surface area contributed by atoms with Crippen LogP contribution in [0.15, 0.2) is 44.8 Å². The molecule has 0 spiro atoms. The summed E-state index contributed by atoms with van der Waals surface area (Å²) in [4.78, 5) is 0. The predicted molar refractivity (Wildman–Crippen MR) is 123 cm³/mol. The molecule has 0 aliphatic carbocycles. The van der Waals surface area contributed by atoms with Crippen molar-refractivity contribution in [3.05, 3.63) is 47.5 Å². The molecule has 0 radical (unpaired) electrons. The van der Waals surface area contributed by atoms with Gasteiger partial charge in [0.05, 0.1) is 0 Å². The third-order valence-electron chi connectivity index (χ3n) is 5.33. The van der Waals surface area contributed by atoms with Gasteiger partial charge >= 0.3 is 8.16 Å². The number of fused-ring (bicyclic) bond motifs is 3. The van der Waals surface area contributed by atoms with Crippen LogP contribution < -0.4 is 4.67 Å². The van der Waals surface area contributed by atoms with Crippen LogP contribution in [0.5, 0.6) is 0 Å². The summed E-state index contributed by atoms with van der Waals surface area (Å²) in [6.07, 6.45) is 7.07. The van der Waals surface area contributed by atoms with Gasteiger partial charge in [-0.1, -0.05) is 52.7 Å². The minimum atomic E-state index is -1.14. The van der Waals surface area contributed by atoms with Crippen molar-refractivity contribution in [2.24, 2.45) is 0 Å². The molecule has 0 unspecified atom stereocenters. The zero-order valence-electron chi connectivity index (χ0n) is 17.8. The van der Waals surface area contributed by atoms with Crippen LogP contribution in [0.25, 0.3) is 21.9 Å². The lowest BCUT2D eigenvalue weighted by atomic mass is 10.0. The van der Waals surface area contributed by atoms with Crippen LogP contribution in [0.1, 0.15) is 64.5 Å². The number of rotatable bonds is 9. The van der Waals surface area contributed by atoms with Crippen molar-refractivity contribution in [2.75, 3.05) is 17.8 Å². The largest absolute Gasteiger partial charge is 0.408 e. The Kier molecular flexibility index (Phi) is 7.65. The van der Waals surface area contributed by atoms with Crippen LogP contribution in [-0.4, -0.2) is 13.1 Å². The number of aryl methyl sites for hydroxylation is 2. The van der Waals surface area contributed by atoms with E-state index >= 15 is 0 Å². The quantitative estimate of drug-likeness (QED) is 0.365. The lowest BCUT2D eigenvalue weighted by Gasteiger charge is -2.13. The Bertz CT molecular complexity index is 874. The van der Waals surface area contributed by atoms with Gasteiger partial charge in [0.1, 0.15) is 11.2 Å². The number of benzene rings is 2. The van der Waals surface area contributed by atoms with Crippen LogP contribution in [0.2, 0.25) is 0 Å². The second-order valence-corrected chi connectivity index (χ2v) is 8.83. The first-order valence-electron chi connectivity index (χ1n) is 10.9. The van der Waals surface area contributed by atoms with E-state index in [2.05, 4.69) is 68.8 Å². The third-order valence-corrected chi connectivity index (χ3v) is 7.06. The van der Waals surface area contributed by atoms with Crippen LogP contribution in [-0.2, 0) is 12.8 Å². The number of hydrogen-bond acceptors (Lipinski definition) is 3. The fourth-order valence-electron chi connectivity index (χ4n) is 3.56. The Labute approximate surface area is 170 Å². The summed E-state index contributed by atoms with van der Waals surface area (Å²) in [6, 6.07) is 13.4. The smallest absolute Gasteiger partial charge is 0.309 e. The van der Waals surface area contributed by atoms with Gasteiger partial charge in [0, 0.05) is 23.9 Å². The fourth-order valence-corrected chi connectivity index (χ4v) is 4.95. The second kappa shape index (κ2) is 10.2. The molecule has 0 saturated carbocycles. The van der Waals surface area contributed by atoms with Gasteiger partial charge in [-0.05, 0) is 61.1 Å². The average Bonchev–Trinajstić information content (AvgIpc) is 2.88. The summed E-state index contributed by atoms with van der Waals surface area (Å²) in [5, 5.41) is 2.36. The van der Waals surface area contributed by atoms with Gasteiger partial charge < -0.3 is 8.39 Å². The van der Waals surface area contributed by atoms with E-state index in [1.54, 1.807) is 0 Å². The van der Waals surface area contributed by atoms with Crippen LogP contribution in [0.4, 0.5) is 0 Å². The Hall–Kier alpha value is -1.70. The normalized spacial score (nSPS) is 11.6. The maximum atomic E-state index is 6.43. The number of nitrogens with zero attached hydrogens (tertiary/aromatic N) is 1. The summed E-state index contributed by atoms with van der Waals surface area (Å²) in [5.74, 6) is 0. The van der Waals surface area contributed by atoms with Crippen LogP contribution in [0.3, 0.4) is 0 Å². The molecular weight excluding hydrogens is 365 g/mol. The van der Waals surface area contributed by atoms with Gasteiger partial charge in [-0.15, -0.1) is 0 Å². The Morgan fingerprint density at radius 2 is 1.18 bits per heavy atom. The summed E-state index contributed by atoms with van der Waals surface area (Å²) in [6.45, 7) is 10.6. The maximum absolute atomic E-state index is 6.43. The molecule has 3 aromatic rings. The average molecular weight is 400 g/mol. The second-order valence-electron chi connectivity index (χ2n) is 7.43. The van der Waals surface area contributed by atoms with Crippen LogP contribution >= 0.6 is 8.16 Å². The highest BCUT2D eigenvalue weighted by molar-refractivity contribution is 7.38. The molecule has 0 aliphatic rings. The molecule has 0 bridgehead atoms. The molecule has 0 saturated heterocycles. The Morgan fingerprint density at radius 1 is 0.714 bits per heavy atom. The predicted octanol–water partition coefficient (Wildman–Crippen LogP) is 7.95. The molecule has 0 fully saturated rings. The molecule has 1 heterocycles. The van der Waals surface area contributed by atoms with Gasteiger partial charge in [-0.2, -0.15) is 0 Å². The lowest BCUT2D eigenvalue weighted by Crippen LogP contribution is -2.17. The van der Waals surface area contributed by atoms with E-state index in [0.29, 0.717) is 0 Å². The Morgan fingerprint density at radius 3 is 1.57 bits per heavy atom. The summed E-state index contributed by atoms with van der Waals surface area (Å²) in [5.41, 5.74) is 4.65. The van der Waals surface area contributed by atoms with Gasteiger partial charge in [0.15, 0.2) is 0 Å². The van der Waals surface area contributed by atoms with Crippen molar-refractivity contribution in [1.29, 1.82) is 0 Å². The first kappa shape index (κ1) is 21.0. The molecule has 152 valence electrons. The van der Waals surface area contributed by atoms with Gasteiger partial charge in [0.2, 0.25) is 0 Å². The molecule has 28 heavy (non-hydrogen) atoms. The highest BCUT2D eigenvalue weighted by atomic mass is 31.1.